The fourth-order valence-corrected chi connectivity index (χ4v) is 1.91. The summed E-state index contributed by atoms with van der Waals surface area (Å²) in [5.74, 6) is 0.720. The monoisotopic (exact) mass is 201 g/mol. The molecule has 1 saturated carbocycles. The molecule has 0 bridgehead atoms. The van der Waals surface area contributed by atoms with E-state index in [1.807, 2.05) is 6.92 Å². The normalized spacial score (nSPS) is 23.4. The average Bonchev–Trinajstić information content (AvgIpc) is 2.26. The molecule has 2 unspecified atom stereocenters. The predicted octanol–water partition coefficient (Wildman–Crippen LogP) is 1.29. The second-order valence-electron chi connectivity index (χ2n) is 4.39. The number of nitrogens with two attached hydrogens (primary N) is 1. The summed E-state index contributed by atoms with van der Waals surface area (Å²) in [6.07, 6.45) is 6.62. The van der Waals surface area contributed by atoms with Crippen molar-refractivity contribution in [1.82, 2.24) is 0 Å². The molecule has 3 nitrogen and oxygen atoms in total. The zero-order chi connectivity index (χ0) is 10.4. The van der Waals surface area contributed by atoms with E-state index in [1.54, 1.807) is 0 Å². The second kappa shape index (κ2) is 6.38. The molecule has 0 aromatic heterocycles. The van der Waals surface area contributed by atoms with Crippen molar-refractivity contribution in [3.8, 4) is 0 Å². The molecule has 84 valence electrons. The van der Waals surface area contributed by atoms with Gasteiger partial charge < -0.3 is 15.6 Å². The van der Waals surface area contributed by atoms with Crippen molar-refractivity contribution in [2.45, 2.75) is 51.2 Å². The van der Waals surface area contributed by atoms with E-state index >= 15 is 0 Å². The highest BCUT2D eigenvalue weighted by atomic mass is 16.5. The molecule has 0 spiro atoms. The Balaban J connectivity index is 2.12. The van der Waals surface area contributed by atoms with Gasteiger partial charge in [-0.25, -0.2) is 0 Å². The molecule has 1 fully saturated rings. The summed E-state index contributed by atoms with van der Waals surface area (Å²) in [5.41, 5.74) is 5.66. The lowest BCUT2D eigenvalue weighted by molar-refractivity contribution is 0.00667. The van der Waals surface area contributed by atoms with Crippen LogP contribution in [0, 0.1) is 5.92 Å². The van der Waals surface area contributed by atoms with Gasteiger partial charge in [0.2, 0.25) is 0 Å². The van der Waals surface area contributed by atoms with Crippen molar-refractivity contribution >= 4 is 0 Å². The number of hydrogen-bond donors (Lipinski definition) is 2. The van der Waals surface area contributed by atoms with E-state index < -0.39 is 0 Å². The maximum Gasteiger partial charge on any atom is 0.0720 e. The third-order valence-electron chi connectivity index (χ3n) is 3.13. The minimum atomic E-state index is -0.237. The number of rotatable bonds is 5. The Bertz CT molecular complexity index is 144. The molecule has 1 aliphatic carbocycles. The van der Waals surface area contributed by atoms with Gasteiger partial charge in [-0.3, -0.25) is 0 Å². The molecule has 1 rings (SSSR count). The summed E-state index contributed by atoms with van der Waals surface area (Å²) >= 11 is 0. The Kier molecular flexibility index (Phi) is 5.45. The standard InChI is InChI=1S/C11H23NO2/c1-9(11(12)7-13)14-8-10-5-3-2-4-6-10/h9-11,13H,2-8,12H2,1H3. The largest absolute Gasteiger partial charge is 0.395 e. The van der Waals surface area contributed by atoms with E-state index in [0.29, 0.717) is 0 Å². The van der Waals surface area contributed by atoms with Crippen LogP contribution in [-0.4, -0.2) is 30.5 Å². The summed E-state index contributed by atoms with van der Waals surface area (Å²) in [6, 6.07) is -0.237. The maximum absolute atomic E-state index is 8.84. The van der Waals surface area contributed by atoms with Gasteiger partial charge in [-0.05, 0) is 25.7 Å². The van der Waals surface area contributed by atoms with Crippen molar-refractivity contribution in [3.05, 3.63) is 0 Å². The molecule has 0 aromatic rings. The zero-order valence-corrected chi connectivity index (χ0v) is 9.11. The van der Waals surface area contributed by atoms with Crippen LogP contribution in [0.4, 0.5) is 0 Å². The topological polar surface area (TPSA) is 55.5 Å². The van der Waals surface area contributed by atoms with Gasteiger partial charge in [0.1, 0.15) is 0 Å². The molecule has 0 heterocycles. The molecular formula is C11H23NO2. The second-order valence-corrected chi connectivity index (χ2v) is 4.39. The highest BCUT2D eigenvalue weighted by molar-refractivity contribution is 4.70. The van der Waals surface area contributed by atoms with Gasteiger partial charge in [0.15, 0.2) is 0 Å². The quantitative estimate of drug-likeness (QED) is 0.704. The van der Waals surface area contributed by atoms with Crippen molar-refractivity contribution in [2.75, 3.05) is 13.2 Å². The Labute approximate surface area is 86.6 Å². The van der Waals surface area contributed by atoms with Crippen LogP contribution >= 0.6 is 0 Å². The first kappa shape index (κ1) is 12.0. The van der Waals surface area contributed by atoms with Crippen molar-refractivity contribution in [2.24, 2.45) is 11.7 Å². The van der Waals surface area contributed by atoms with Crippen molar-refractivity contribution in [3.63, 3.8) is 0 Å². The van der Waals surface area contributed by atoms with Gasteiger partial charge in [-0.2, -0.15) is 0 Å². The van der Waals surface area contributed by atoms with Crippen LogP contribution in [0.2, 0.25) is 0 Å². The Morgan fingerprint density at radius 2 is 2.00 bits per heavy atom. The predicted molar refractivity (Wildman–Crippen MR) is 57.1 cm³/mol. The van der Waals surface area contributed by atoms with Gasteiger partial charge in [-0.1, -0.05) is 19.3 Å². The van der Waals surface area contributed by atoms with Gasteiger partial charge in [0.25, 0.3) is 0 Å². The smallest absolute Gasteiger partial charge is 0.0720 e. The molecular weight excluding hydrogens is 178 g/mol. The molecule has 3 N–H and O–H groups in total. The number of aliphatic hydroxyl groups excluding tert-OH is 1. The molecule has 0 saturated heterocycles. The van der Waals surface area contributed by atoms with Crippen LogP contribution in [-0.2, 0) is 4.74 Å². The highest BCUT2D eigenvalue weighted by Crippen LogP contribution is 2.24. The fourth-order valence-electron chi connectivity index (χ4n) is 1.91. The molecule has 0 aromatic carbocycles. The van der Waals surface area contributed by atoms with Gasteiger partial charge in [-0.15, -0.1) is 0 Å². The Morgan fingerprint density at radius 3 is 2.57 bits per heavy atom. The molecule has 3 heteroatoms. The van der Waals surface area contributed by atoms with Crippen LogP contribution in [0.3, 0.4) is 0 Å². The molecule has 2 atom stereocenters. The zero-order valence-electron chi connectivity index (χ0n) is 9.11. The Morgan fingerprint density at radius 1 is 1.36 bits per heavy atom. The SMILES string of the molecule is CC(OCC1CCCCC1)C(N)CO. The number of hydrogen-bond acceptors (Lipinski definition) is 3. The lowest BCUT2D eigenvalue weighted by atomic mass is 9.90. The van der Waals surface area contributed by atoms with E-state index in [1.165, 1.54) is 32.1 Å². The Hall–Kier alpha value is -0.120. The van der Waals surface area contributed by atoms with Crippen LogP contribution < -0.4 is 5.73 Å². The summed E-state index contributed by atoms with van der Waals surface area (Å²) < 4.78 is 5.65. The summed E-state index contributed by atoms with van der Waals surface area (Å²) in [7, 11) is 0. The van der Waals surface area contributed by atoms with Gasteiger partial charge in [0, 0.05) is 6.61 Å². The van der Waals surface area contributed by atoms with Crippen LogP contribution in [0.15, 0.2) is 0 Å². The first-order valence-electron chi connectivity index (χ1n) is 5.72. The van der Waals surface area contributed by atoms with Crippen molar-refractivity contribution in [1.29, 1.82) is 0 Å². The van der Waals surface area contributed by atoms with Gasteiger partial charge >= 0.3 is 0 Å². The number of aliphatic hydroxyl groups is 1. The van der Waals surface area contributed by atoms with Crippen LogP contribution in [0.25, 0.3) is 0 Å². The van der Waals surface area contributed by atoms with E-state index in [0.717, 1.165) is 12.5 Å². The van der Waals surface area contributed by atoms with Crippen LogP contribution in [0.5, 0.6) is 0 Å². The minimum absolute atomic E-state index is 0.00579. The molecule has 0 aliphatic heterocycles. The summed E-state index contributed by atoms with van der Waals surface area (Å²) in [5, 5.41) is 8.84. The minimum Gasteiger partial charge on any atom is -0.395 e. The van der Waals surface area contributed by atoms with E-state index in [2.05, 4.69) is 0 Å². The first-order chi connectivity index (χ1) is 6.74. The maximum atomic E-state index is 8.84. The molecule has 0 radical (unpaired) electrons. The molecule has 14 heavy (non-hydrogen) atoms. The number of ether oxygens (including phenoxy) is 1. The van der Waals surface area contributed by atoms with Gasteiger partial charge in [0.05, 0.1) is 18.8 Å². The third kappa shape index (κ3) is 3.95. The summed E-state index contributed by atoms with van der Waals surface area (Å²) in [6.45, 7) is 2.75. The average molecular weight is 201 g/mol. The van der Waals surface area contributed by atoms with E-state index in [-0.39, 0.29) is 18.8 Å². The first-order valence-corrected chi connectivity index (χ1v) is 5.72. The lowest BCUT2D eigenvalue weighted by Crippen LogP contribution is -2.38. The fraction of sp³-hybridized carbons (Fsp3) is 1.00. The van der Waals surface area contributed by atoms with E-state index in [4.69, 9.17) is 15.6 Å². The highest BCUT2D eigenvalue weighted by Gasteiger charge is 2.17. The third-order valence-corrected chi connectivity index (χ3v) is 3.13. The van der Waals surface area contributed by atoms with Crippen molar-refractivity contribution < 1.29 is 9.84 Å². The lowest BCUT2D eigenvalue weighted by Gasteiger charge is -2.25. The molecule has 1 aliphatic rings. The molecule has 0 amide bonds. The van der Waals surface area contributed by atoms with E-state index in [9.17, 15) is 0 Å². The van der Waals surface area contributed by atoms with Crippen LogP contribution in [0.1, 0.15) is 39.0 Å². The summed E-state index contributed by atoms with van der Waals surface area (Å²) in [4.78, 5) is 0.